The van der Waals surface area contributed by atoms with E-state index in [9.17, 15) is 19.7 Å². The number of nitrogens with two attached hydrogens (primary N) is 3. The van der Waals surface area contributed by atoms with E-state index >= 15 is 0 Å². The molecular formula is C15H23N7O4. The molecule has 2 amide bonds. The molecule has 0 fully saturated rings. The second-order valence-electron chi connectivity index (χ2n) is 5.54. The second kappa shape index (κ2) is 10.6. The summed E-state index contributed by atoms with van der Waals surface area (Å²) in [4.78, 5) is 37.5. The number of aliphatic imine (C=N–C) groups is 1. The maximum atomic E-state index is 12.1. The number of nitrogens with zero attached hydrogens (tertiary/aromatic N) is 2. The lowest BCUT2D eigenvalue weighted by atomic mass is 10.0. The summed E-state index contributed by atoms with van der Waals surface area (Å²) in [6.45, 7) is 0.127. The van der Waals surface area contributed by atoms with Crippen molar-refractivity contribution in [2.24, 2.45) is 22.2 Å². The first-order valence-electron chi connectivity index (χ1n) is 7.89. The van der Waals surface area contributed by atoms with Crippen LogP contribution in [0.15, 0.2) is 35.3 Å². The highest BCUT2D eigenvalue weighted by Gasteiger charge is 2.21. The molecule has 0 unspecified atom stereocenters. The van der Waals surface area contributed by atoms with E-state index in [1.165, 1.54) is 0 Å². The first kappa shape index (κ1) is 20.8. The van der Waals surface area contributed by atoms with Crippen molar-refractivity contribution in [2.45, 2.75) is 31.3 Å². The van der Waals surface area contributed by atoms with Crippen molar-refractivity contribution in [3.63, 3.8) is 0 Å². The van der Waals surface area contributed by atoms with Gasteiger partial charge >= 0.3 is 0 Å². The monoisotopic (exact) mass is 365 g/mol. The number of amides is 2. The highest BCUT2D eigenvalue weighted by Crippen LogP contribution is 2.03. The van der Waals surface area contributed by atoms with E-state index in [0.717, 1.165) is 5.56 Å². The number of benzene rings is 1. The van der Waals surface area contributed by atoms with Crippen LogP contribution in [0.5, 0.6) is 0 Å². The molecular weight excluding hydrogens is 342 g/mol. The average molecular weight is 365 g/mol. The Bertz CT molecular complexity index is 651. The molecule has 0 aliphatic carbocycles. The molecule has 0 saturated carbocycles. The number of primary amides is 1. The maximum absolute atomic E-state index is 12.1. The largest absolute Gasteiger partial charge is 0.368 e. The molecule has 0 aliphatic rings. The van der Waals surface area contributed by atoms with Crippen molar-refractivity contribution in [1.82, 2.24) is 10.7 Å². The zero-order valence-electron chi connectivity index (χ0n) is 14.1. The van der Waals surface area contributed by atoms with Gasteiger partial charge in [0.1, 0.15) is 6.04 Å². The van der Waals surface area contributed by atoms with Crippen LogP contribution in [0.1, 0.15) is 18.4 Å². The van der Waals surface area contributed by atoms with Gasteiger partial charge in [-0.2, -0.15) is 0 Å². The normalized spacial score (nSPS) is 13.5. The van der Waals surface area contributed by atoms with Crippen LogP contribution in [0.3, 0.4) is 0 Å². The Balaban J connectivity index is 2.47. The van der Waals surface area contributed by atoms with E-state index in [-0.39, 0.29) is 18.9 Å². The molecule has 8 N–H and O–H groups in total. The van der Waals surface area contributed by atoms with Gasteiger partial charge in [-0.05, 0) is 24.8 Å². The van der Waals surface area contributed by atoms with E-state index in [0.29, 0.717) is 12.8 Å². The summed E-state index contributed by atoms with van der Waals surface area (Å²) in [6, 6.07) is 7.49. The minimum atomic E-state index is -0.913. The molecule has 0 bridgehead atoms. The van der Waals surface area contributed by atoms with Crippen molar-refractivity contribution in [3.05, 3.63) is 46.0 Å². The maximum Gasteiger partial charge on any atom is 0.251 e. The fraction of sp³-hybridized carbons (Fsp3) is 0.400. The van der Waals surface area contributed by atoms with E-state index in [2.05, 4.69) is 10.3 Å². The smallest absolute Gasteiger partial charge is 0.251 e. The second-order valence-corrected chi connectivity index (χ2v) is 5.54. The SMILES string of the molecule is NC(=O)[C@@H](CCCN=C(N)N[N+](=O)[O-])NC(=O)[C@H](N)Cc1ccccc1. The molecule has 26 heavy (non-hydrogen) atoms. The number of hydrazine groups is 1. The lowest BCUT2D eigenvalue weighted by Crippen LogP contribution is -2.51. The van der Waals surface area contributed by atoms with Gasteiger partial charge in [0.2, 0.25) is 11.8 Å². The number of carbonyl (C=O) groups excluding carboxylic acids is 2. The van der Waals surface area contributed by atoms with Crippen LogP contribution in [-0.4, -0.2) is 41.4 Å². The minimum absolute atomic E-state index is 0.127. The molecule has 1 aromatic rings. The van der Waals surface area contributed by atoms with Crippen LogP contribution in [0.25, 0.3) is 0 Å². The van der Waals surface area contributed by atoms with Crippen molar-refractivity contribution in [1.29, 1.82) is 0 Å². The summed E-state index contributed by atoms with van der Waals surface area (Å²) in [5.41, 5.74) is 19.0. The van der Waals surface area contributed by atoms with Gasteiger partial charge in [0.15, 0.2) is 5.03 Å². The van der Waals surface area contributed by atoms with Crippen molar-refractivity contribution in [2.75, 3.05) is 6.54 Å². The number of guanidine groups is 1. The van der Waals surface area contributed by atoms with Crippen molar-refractivity contribution in [3.8, 4) is 0 Å². The third kappa shape index (κ3) is 8.06. The Morgan fingerprint density at radius 1 is 1.23 bits per heavy atom. The predicted octanol–water partition coefficient (Wildman–Crippen LogP) is -1.60. The quantitative estimate of drug-likeness (QED) is 0.108. The molecule has 11 nitrogen and oxygen atoms in total. The van der Waals surface area contributed by atoms with Crippen molar-refractivity contribution < 1.29 is 14.6 Å². The van der Waals surface area contributed by atoms with Gasteiger partial charge in [0, 0.05) is 6.54 Å². The zero-order valence-corrected chi connectivity index (χ0v) is 14.1. The Labute approximate surface area is 150 Å². The first-order valence-corrected chi connectivity index (χ1v) is 7.89. The Hall–Kier alpha value is -3.21. The van der Waals surface area contributed by atoms with Gasteiger partial charge in [-0.25, -0.2) is 15.1 Å². The number of nitro groups is 1. The molecule has 0 saturated heterocycles. The van der Waals surface area contributed by atoms with Crippen LogP contribution in [0, 0.1) is 10.1 Å². The molecule has 142 valence electrons. The Kier molecular flexibility index (Phi) is 8.50. The van der Waals surface area contributed by atoms with Gasteiger partial charge in [-0.15, -0.1) is 0 Å². The van der Waals surface area contributed by atoms with Crippen molar-refractivity contribution >= 4 is 17.8 Å². The highest BCUT2D eigenvalue weighted by atomic mass is 16.7. The van der Waals surface area contributed by atoms with E-state index in [4.69, 9.17) is 17.2 Å². The molecule has 0 heterocycles. The topological polar surface area (TPSA) is 192 Å². The van der Waals surface area contributed by atoms with Gasteiger partial charge in [-0.1, -0.05) is 35.8 Å². The summed E-state index contributed by atoms with van der Waals surface area (Å²) < 4.78 is 0. The average Bonchev–Trinajstić information content (AvgIpc) is 2.57. The van der Waals surface area contributed by atoms with Gasteiger partial charge in [0.25, 0.3) is 5.96 Å². The lowest BCUT2D eigenvalue weighted by Gasteiger charge is -2.18. The standard InChI is InChI=1S/C15H23N7O4/c16-11(9-10-5-2-1-3-6-10)14(24)20-12(13(17)23)7-4-8-19-15(18)21-22(25)26/h1-3,5-6,11-12H,4,7-9,16H2,(H2,17,23)(H,20,24)(H3,18,19,21)/t11-,12-/m1/s1. The molecule has 2 atom stereocenters. The fourth-order valence-corrected chi connectivity index (χ4v) is 2.15. The third-order valence-corrected chi connectivity index (χ3v) is 3.43. The number of carbonyl (C=O) groups is 2. The molecule has 1 rings (SSSR count). The molecule has 0 spiro atoms. The molecule has 0 aliphatic heterocycles. The van der Waals surface area contributed by atoms with E-state index < -0.39 is 28.9 Å². The zero-order chi connectivity index (χ0) is 19.5. The van der Waals surface area contributed by atoms with Gasteiger partial charge in [0.05, 0.1) is 6.04 Å². The summed E-state index contributed by atoms with van der Waals surface area (Å²) >= 11 is 0. The molecule has 11 heteroatoms. The Morgan fingerprint density at radius 2 is 1.88 bits per heavy atom. The van der Waals surface area contributed by atoms with Gasteiger partial charge in [-0.3, -0.25) is 9.59 Å². The van der Waals surface area contributed by atoms with E-state index in [1.54, 1.807) is 5.43 Å². The highest BCUT2D eigenvalue weighted by molar-refractivity contribution is 5.89. The van der Waals surface area contributed by atoms with Crippen LogP contribution in [0.4, 0.5) is 0 Å². The lowest BCUT2D eigenvalue weighted by molar-refractivity contribution is -0.525. The number of hydrogen-bond donors (Lipinski definition) is 5. The first-order chi connectivity index (χ1) is 12.3. The van der Waals surface area contributed by atoms with Gasteiger partial charge < -0.3 is 22.5 Å². The Morgan fingerprint density at radius 3 is 2.46 bits per heavy atom. The predicted molar refractivity (Wildman–Crippen MR) is 95.1 cm³/mol. The summed E-state index contributed by atoms with van der Waals surface area (Å²) in [5, 5.41) is 11.8. The minimum Gasteiger partial charge on any atom is -0.368 e. The molecule has 1 aromatic carbocycles. The van der Waals surface area contributed by atoms with E-state index in [1.807, 2.05) is 30.3 Å². The van der Waals surface area contributed by atoms with Crippen LogP contribution >= 0.6 is 0 Å². The fourth-order valence-electron chi connectivity index (χ4n) is 2.15. The van der Waals surface area contributed by atoms with Crippen LogP contribution < -0.4 is 27.9 Å². The number of nitrogens with one attached hydrogen (secondary N) is 2. The van der Waals surface area contributed by atoms with Crippen LogP contribution in [0.2, 0.25) is 0 Å². The summed E-state index contributed by atoms with van der Waals surface area (Å²) in [7, 11) is 0. The number of rotatable bonds is 10. The molecule has 0 radical (unpaired) electrons. The summed E-state index contributed by atoms with van der Waals surface area (Å²) in [5.74, 6) is -1.54. The number of hydrogen-bond acceptors (Lipinski definition) is 6. The third-order valence-electron chi connectivity index (χ3n) is 3.43. The molecule has 0 aromatic heterocycles. The summed E-state index contributed by atoms with van der Waals surface area (Å²) in [6.07, 6.45) is 0.863. The van der Waals surface area contributed by atoms with Crippen LogP contribution in [-0.2, 0) is 16.0 Å².